The van der Waals surface area contributed by atoms with Crippen LogP contribution in [0.25, 0.3) is 0 Å². The standard InChI is InChI=1S/C12H17ClN2O2/c1-2-11(16)7-14-8-12(17)15-10-5-3-4-9(13)6-10/h3-6,11,14,16H,2,7-8H2,1H3,(H,15,17). The van der Waals surface area contributed by atoms with E-state index in [-0.39, 0.29) is 12.5 Å². The topological polar surface area (TPSA) is 61.4 Å². The largest absolute Gasteiger partial charge is 0.392 e. The Morgan fingerprint density at radius 2 is 2.29 bits per heavy atom. The zero-order chi connectivity index (χ0) is 12.7. The van der Waals surface area contributed by atoms with Crippen LogP contribution < -0.4 is 10.6 Å². The van der Waals surface area contributed by atoms with Crippen molar-refractivity contribution in [3.8, 4) is 0 Å². The van der Waals surface area contributed by atoms with E-state index in [1.807, 2.05) is 6.92 Å². The Balaban J connectivity index is 2.30. The number of nitrogens with one attached hydrogen (secondary N) is 2. The summed E-state index contributed by atoms with van der Waals surface area (Å²) in [6.45, 7) is 2.47. The molecule has 5 heteroatoms. The van der Waals surface area contributed by atoms with E-state index >= 15 is 0 Å². The van der Waals surface area contributed by atoms with Gasteiger partial charge in [-0.1, -0.05) is 24.6 Å². The van der Waals surface area contributed by atoms with Gasteiger partial charge in [-0.15, -0.1) is 0 Å². The second kappa shape index (κ2) is 7.27. The van der Waals surface area contributed by atoms with Gasteiger partial charge in [0, 0.05) is 17.3 Å². The minimum atomic E-state index is -0.408. The molecule has 1 aromatic rings. The van der Waals surface area contributed by atoms with Crippen molar-refractivity contribution >= 4 is 23.2 Å². The van der Waals surface area contributed by atoms with Gasteiger partial charge in [0.15, 0.2) is 0 Å². The van der Waals surface area contributed by atoms with Crippen LogP contribution in [0.4, 0.5) is 5.69 Å². The average molecular weight is 257 g/mol. The summed E-state index contributed by atoms with van der Waals surface area (Å²) in [6, 6.07) is 6.96. The number of halogens is 1. The highest BCUT2D eigenvalue weighted by molar-refractivity contribution is 6.30. The molecule has 0 radical (unpaired) electrons. The Morgan fingerprint density at radius 3 is 2.94 bits per heavy atom. The zero-order valence-electron chi connectivity index (χ0n) is 9.74. The van der Waals surface area contributed by atoms with Crippen molar-refractivity contribution in [2.24, 2.45) is 0 Å². The number of carbonyl (C=O) groups is 1. The number of carbonyl (C=O) groups excluding carboxylic acids is 1. The third-order valence-corrected chi connectivity index (χ3v) is 2.48. The first-order valence-electron chi connectivity index (χ1n) is 5.56. The Morgan fingerprint density at radius 1 is 1.53 bits per heavy atom. The second-order valence-electron chi connectivity index (χ2n) is 3.75. The molecule has 0 aliphatic rings. The number of anilines is 1. The highest BCUT2D eigenvalue weighted by Gasteiger charge is 2.04. The Labute approximate surface area is 106 Å². The molecule has 0 bridgehead atoms. The molecular formula is C12H17ClN2O2. The van der Waals surface area contributed by atoms with Crippen molar-refractivity contribution in [3.63, 3.8) is 0 Å². The minimum absolute atomic E-state index is 0.157. The third-order valence-electron chi connectivity index (χ3n) is 2.25. The molecule has 4 nitrogen and oxygen atoms in total. The van der Waals surface area contributed by atoms with Crippen LogP contribution in [-0.4, -0.2) is 30.2 Å². The van der Waals surface area contributed by atoms with E-state index in [4.69, 9.17) is 11.6 Å². The van der Waals surface area contributed by atoms with Crippen LogP contribution in [0.3, 0.4) is 0 Å². The number of amides is 1. The summed E-state index contributed by atoms with van der Waals surface area (Å²) in [4.78, 5) is 11.5. The first-order valence-corrected chi connectivity index (χ1v) is 5.93. The van der Waals surface area contributed by atoms with E-state index in [2.05, 4.69) is 10.6 Å². The highest BCUT2D eigenvalue weighted by atomic mass is 35.5. The molecular weight excluding hydrogens is 240 g/mol. The molecule has 1 amide bonds. The highest BCUT2D eigenvalue weighted by Crippen LogP contribution is 2.14. The fourth-order valence-corrected chi connectivity index (χ4v) is 1.46. The van der Waals surface area contributed by atoms with Gasteiger partial charge in [-0.05, 0) is 24.6 Å². The Hall–Kier alpha value is -1.10. The Bertz CT molecular complexity index is 371. The molecule has 0 fully saturated rings. The van der Waals surface area contributed by atoms with Crippen LogP contribution in [0.5, 0.6) is 0 Å². The lowest BCUT2D eigenvalue weighted by Crippen LogP contribution is -2.33. The van der Waals surface area contributed by atoms with E-state index in [1.54, 1.807) is 24.3 Å². The van der Waals surface area contributed by atoms with Gasteiger partial charge in [-0.2, -0.15) is 0 Å². The van der Waals surface area contributed by atoms with Gasteiger partial charge in [-0.3, -0.25) is 4.79 Å². The van der Waals surface area contributed by atoms with Crippen molar-refractivity contribution in [3.05, 3.63) is 29.3 Å². The Kier molecular flexibility index (Phi) is 5.97. The molecule has 94 valence electrons. The fourth-order valence-electron chi connectivity index (χ4n) is 1.27. The van der Waals surface area contributed by atoms with E-state index in [0.717, 1.165) is 0 Å². The SMILES string of the molecule is CCC(O)CNCC(=O)Nc1cccc(Cl)c1. The summed E-state index contributed by atoms with van der Waals surface area (Å²) in [5.41, 5.74) is 0.667. The van der Waals surface area contributed by atoms with Gasteiger partial charge < -0.3 is 15.7 Å². The van der Waals surface area contributed by atoms with Gasteiger partial charge in [0.05, 0.1) is 12.6 Å². The smallest absolute Gasteiger partial charge is 0.238 e. The molecule has 1 rings (SSSR count). The molecule has 0 aliphatic carbocycles. The molecule has 3 N–H and O–H groups in total. The van der Waals surface area contributed by atoms with Crippen molar-refractivity contribution in [2.45, 2.75) is 19.4 Å². The monoisotopic (exact) mass is 256 g/mol. The molecule has 0 spiro atoms. The second-order valence-corrected chi connectivity index (χ2v) is 4.19. The molecule has 1 atom stereocenters. The molecule has 17 heavy (non-hydrogen) atoms. The number of aliphatic hydroxyl groups is 1. The summed E-state index contributed by atoms with van der Waals surface area (Å²) in [5.74, 6) is -0.157. The van der Waals surface area contributed by atoms with Gasteiger partial charge in [0.25, 0.3) is 0 Å². The van der Waals surface area contributed by atoms with Gasteiger partial charge >= 0.3 is 0 Å². The number of rotatable bonds is 6. The van der Waals surface area contributed by atoms with E-state index in [9.17, 15) is 9.90 Å². The summed E-state index contributed by atoms with van der Waals surface area (Å²) < 4.78 is 0. The normalized spacial score (nSPS) is 12.2. The summed E-state index contributed by atoms with van der Waals surface area (Å²) in [7, 11) is 0. The first-order chi connectivity index (χ1) is 8.11. The first kappa shape index (κ1) is 14.0. The molecule has 0 aromatic heterocycles. The molecule has 1 unspecified atom stereocenters. The van der Waals surface area contributed by atoms with Crippen molar-refractivity contribution in [1.29, 1.82) is 0 Å². The molecule has 1 aromatic carbocycles. The van der Waals surface area contributed by atoms with Crippen LogP contribution in [0, 0.1) is 0 Å². The predicted molar refractivity (Wildman–Crippen MR) is 69.2 cm³/mol. The fraction of sp³-hybridized carbons (Fsp3) is 0.417. The molecule has 0 aliphatic heterocycles. The molecule has 0 heterocycles. The van der Waals surface area contributed by atoms with Crippen LogP contribution in [0.1, 0.15) is 13.3 Å². The van der Waals surface area contributed by atoms with Crippen molar-refractivity contribution in [2.75, 3.05) is 18.4 Å². The predicted octanol–water partition coefficient (Wildman–Crippen LogP) is 1.64. The van der Waals surface area contributed by atoms with Gasteiger partial charge in [0.1, 0.15) is 0 Å². The van der Waals surface area contributed by atoms with Crippen LogP contribution in [0.15, 0.2) is 24.3 Å². The lowest BCUT2D eigenvalue weighted by atomic mass is 10.3. The van der Waals surface area contributed by atoms with Gasteiger partial charge in [0.2, 0.25) is 5.91 Å². The maximum absolute atomic E-state index is 11.5. The maximum atomic E-state index is 11.5. The summed E-state index contributed by atoms with van der Waals surface area (Å²) in [5, 5.41) is 15.4. The minimum Gasteiger partial charge on any atom is -0.392 e. The maximum Gasteiger partial charge on any atom is 0.238 e. The lowest BCUT2D eigenvalue weighted by Gasteiger charge is -2.09. The summed E-state index contributed by atoms with van der Waals surface area (Å²) in [6.07, 6.45) is 0.261. The third kappa shape index (κ3) is 5.68. The number of hydrogen-bond acceptors (Lipinski definition) is 3. The number of hydrogen-bond donors (Lipinski definition) is 3. The molecule has 0 saturated carbocycles. The number of aliphatic hydroxyl groups excluding tert-OH is 1. The van der Waals surface area contributed by atoms with E-state index in [1.165, 1.54) is 0 Å². The zero-order valence-corrected chi connectivity index (χ0v) is 10.5. The quantitative estimate of drug-likeness (QED) is 0.725. The van der Waals surface area contributed by atoms with Crippen LogP contribution in [-0.2, 0) is 4.79 Å². The molecule has 0 saturated heterocycles. The van der Waals surface area contributed by atoms with Crippen molar-refractivity contribution < 1.29 is 9.90 Å². The number of benzene rings is 1. The van der Waals surface area contributed by atoms with E-state index < -0.39 is 6.10 Å². The van der Waals surface area contributed by atoms with Crippen LogP contribution in [0.2, 0.25) is 5.02 Å². The van der Waals surface area contributed by atoms with Gasteiger partial charge in [-0.25, -0.2) is 0 Å². The van der Waals surface area contributed by atoms with E-state index in [0.29, 0.717) is 23.7 Å². The average Bonchev–Trinajstić information content (AvgIpc) is 2.28. The summed E-state index contributed by atoms with van der Waals surface area (Å²) >= 11 is 5.79. The van der Waals surface area contributed by atoms with Crippen LogP contribution >= 0.6 is 11.6 Å². The van der Waals surface area contributed by atoms with Crippen molar-refractivity contribution in [1.82, 2.24) is 5.32 Å². The lowest BCUT2D eigenvalue weighted by molar-refractivity contribution is -0.115.